The fourth-order valence-corrected chi connectivity index (χ4v) is 4.67. The number of carbonyl (C=O) groups is 1. The molecule has 1 heterocycles. The number of carbonyl (C=O) groups excluding carboxylic acids is 1. The smallest absolute Gasteiger partial charge is 0.410 e. The van der Waals surface area contributed by atoms with E-state index >= 15 is 0 Å². The van der Waals surface area contributed by atoms with E-state index in [2.05, 4.69) is 4.72 Å². The lowest BCUT2D eigenvalue weighted by Gasteiger charge is -2.34. The lowest BCUT2D eigenvalue weighted by atomic mass is 9.99. The van der Waals surface area contributed by atoms with Crippen LogP contribution >= 0.6 is 23.2 Å². The number of likely N-dealkylation sites (tertiary alicyclic amines) is 1. The Balaban J connectivity index is 1.90. The minimum absolute atomic E-state index is 0.0433. The highest BCUT2D eigenvalue weighted by molar-refractivity contribution is 7.88. The topological polar surface area (TPSA) is 75.7 Å². The van der Waals surface area contributed by atoms with Crippen LogP contribution in [0, 0.1) is 5.92 Å². The second-order valence-electron chi connectivity index (χ2n) is 7.78. The standard InChI is InChI=1S/C18H26Cl2N2O4S/c1-18(2,3)26-17(23)22-8-4-5-13(11-22)10-21-27(24,25)12-14-6-7-15(19)9-16(14)20/h6-7,9,13,21H,4-5,8,10-12H2,1-3H3/t13-/m1/s1. The second-order valence-corrected chi connectivity index (χ2v) is 10.4. The largest absolute Gasteiger partial charge is 0.444 e. The number of hydrogen-bond acceptors (Lipinski definition) is 4. The van der Waals surface area contributed by atoms with Gasteiger partial charge in [0.1, 0.15) is 5.60 Å². The zero-order valence-electron chi connectivity index (χ0n) is 15.8. The molecular formula is C18H26Cl2N2O4S. The first kappa shape index (κ1) is 22.3. The number of halogens is 2. The minimum Gasteiger partial charge on any atom is -0.444 e. The molecule has 0 bridgehead atoms. The van der Waals surface area contributed by atoms with Crippen LogP contribution in [0.5, 0.6) is 0 Å². The van der Waals surface area contributed by atoms with Crippen molar-refractivity contribution in [3.8, 4) is 0 Å². The molecule has 1 aromatic rings. The van der Waals surface area contributed by atoms with Crippen molar-refractivity contribution in [2.75, 3.05) is 19.6 Å². The molecule has 1 aromatic carbocycles. The summed E-state index contributed by atoms with van der Waals surface area (Å²) in [6, 6.07) is 4.74. The van der Waals surface area contributed by atoms with Gasteiger partial charge >= 0.3 is 6.09 Å². The Hall–Kier alpha value is -1.02. The predicted molar refractivity (Wildman–Crippen MR) is 108 cm³/mol. The molecule has 1 saturated heterocycles. The molecule has 1 atom stereocenters. The first-order valence-corrected chi connectivity index (χ1v) is 11.3. The SMILES string of the molecule is CC(C)(C)OC(=O)N1CCC[C@H](CNS(=O)(=O)Cc2ccc(Cl)cc2Cl)C1. The summed E-state index contributed by atoms with van der Waals surface area (Å²) in [4.78, 5) is 13.8. The number of ether oxygens (including phenoxy) is 1. The van der Waals surface area contributed by atoms with Crippen LogP contribution in [-0.2, 0) is 20.5 Å². The van der Waals surface area contributed by atoms with Crippen molar-refractivity contribution in [2.24, 2.45) is 5.92 Å². The summed E-state index contributed by atoms with van der Waals surface area (Å²) < 4.78 is 32.8. The number of amides is 1. The van der Waals surface area contributed by atoms with E-state index in [4.69, 9.17) is 27.9 Å². The van der Waals surface area contributed by atoms with Crippen LogP contribution in [0.2, 0.25) is 10.0 Å². The van der Waals surface area contributed by atoms with Crippen LogP contribution < -0.4 is 4.72 Å². The molecule has 9 heteroatoms. The molecule has 0 radical (unpaired) electrons. The molecule has 0 unspecified atom stereocenters. The molecule has 1 aliphatic heterocycles. The van der Waals surface area contributed by atoms with E-state index in [1.165, 1.54) is 6.07 Å². The van der Waals surface area contributed by atoms with Crippen molar-refractivity contribution in [3.63, 3.8) is 0 Å². The summed E-state index contributed by atoms with van der Waals surface area (Å²) in [7, 11) is -3.55. The molecule has 1 N–H and O–H groups in total. The number of sulfonamides is 1. The third kappa shape index (κ3) is 7.49. The average Bonchev–Trinajstić information content (AvgIpc) is 2.54. The Morgan fingerprint density at radius 2 is 2.04 bits per heavy atom. The van der Waals surface area contributed by atoms with Crippen LogP contribution in [0.25, 0.3) is 0 Å². The van der Waals surface area contributed by atoms with E-state index in [-0.39, 0.29) is 24.3 Å². The van der Waals surface area contributed by atoms with Gasteiger partial charge in [-0.25, -0.2) is 17.9 Å². The predicted octanol–water partition coefficient (Wildman–Crippen LogP) is 4.06. The summed E-state index contributed by atoms with van der Waals surface area (Å²) in [6.45, 7) is 6.83. The molecule has 0 aromatic heterocycles. The summed E-state index contributed by atoms with van der Waals surface area (Å²) in [5.41, 5.74) is -0.0590. The number of nitrogens with zero attached hydrogens (tertiary/aromatic N) is 1. The van der Waals surface area contributed by atoms with Gasteiger partial charge in [0, 0.05) is 29.7 Å². The van der Waals surface area contributed by atoms with Gasteiger partial charge in [0.25, 0.3) is 0 Å². The molecule has 0 aliphatic carbocycles. The Kier molecular flexibility index (Phi) is 7.41. The maximum Gasteiger partial charge on any atom is 0.410 e. The van der Waals surface area contributed by atoms with Crippen molar-refractivity contribution < 1.29 is 17.9 Å². The molecule has 27 heavy (non-hydrogen) atoms. The van der Waals surface area contributed by atoms with Crippen molar-refractivity contribution in [2.45, 2.75) is 45.0 Å². The van der Waals surface area contributed by atoms with Crippen molar-refractivity contribution >= 4 is 39.3 Å². The summed E-state index contributed by atoms with van der Waals surface area (Å²) in [6.07, 6.45) is 1.31. The molecule has 152 valence electrons. The van der Waals surface area contributed by atoms with Crippen LogP contribution in [-0.4, -0.2) is 44.6 Å². The van der Waals surface area contributed by atoms with Crippen molar-refractivity contribution in [1.29, 1.82) is 0 Å². The number of piperidine rings is 1. The number of nitrogens with one attached hydrogen (secondary N) is 1. The molecule has 2 rings (SSSR count). The zero-order valence-corrected chi connectivity index (χ0v) is 18.1. The van der Waals surface area contributed by atoms with E-state index in [9.17, 15) is 13.2 Å². The lowest BCUT2D eigenvalue weighted by molar-refractivity contribution is 0.0169. The molecule has 0 saturated carbocycles. The van der Waals surface area contributed by atoms with E-state index in [1.807, 2.05) is 20.8 Å². The van der Waals surface area contributed by atoms with Gasteiger partial charge in [0.2, 0.25) is 10.0 Å². The molecule has 1 fully saturated rings. The maximum absolute atomic E-state index is 12.4. The van der Waals surface area contributed by atoms with Crippen LogP contribution in [0.3, 0.4) is 0 Å². The van der Waals surface area contributed by atoms with Gasteiger partial charge in [-0.3, -0.25) is 0 Å². The molecule has 0 spiro atoms. The molecule has 6 nitrogen and oxygen atoms in total. The monoisotopic (exact) mass is 436 g/mol. The Bertz CT molecular complexity index is 778. The minimum atomic E-state index is -3.55. The van der Waals surface area contributed by atoms with Gasteiger partial charge in [-0.05, 0) is 57.2 Å². The first-order valence-electron chi connectivity index (χ1n) is 8.84. The summed E-state index contributed by atoms with van der Waals surface area (Å²) >= 11 is 11.9. The Morgan fingerprint density at radius 1 is 1.33 bits per heavy atom. The van der Waals surface area contributed by atoms with Gasteiger partial charge in [0.15, 0.2) is 0 Å². The number of hydrogen-bond donors (Lipinski definition) is 1. The van der Waals surface area contributed by atoms with E-state index < -0.39 is 15.6 Å². The second kappa shape index (κ2) is 8.99. The van der Waals surface area contributed by atoms with Gasteiger partial charge in [-0.15, -0.1) is 0 Å². The molecule has 1 aliphatic rings. The maximum atomic E-state index is 12.4. The van der Waals surface area contributed by atoms with Crippen LogP contribution in [0.4, 0.5) is 4.79 Å². The summed E-state index contributed by atoms with van der Waals surface area (Å²) in [5, 5.41) is 0.778. The summed E-state index contributed by atoms with van der Waals surface area (Å²) in [5.74, 6) is -0.173. The van der Waals surface area contributed by atoms with Crippen molar-refractivity contribution in [1.82, 2.24) is 9.62 Å². The van der Waals surface area contributed by atoms with E-state index in [1.54, 1.807) is 17.0 Å². The van der Waals surface area contributed by atoms with E-state index in [0.717, 1.165) is 12.8 Å². The van der Waals surface area contributed by atoms with Crippen LogP contribution in [0.15, 0.2) is 18.2 Å². The highest BCUT2D eigenvalue weighted by Gasteiger charge is 2.28. The molecule has 1 amide bonds. The van der Waals surface area contributed by atoms with Gasteiger partial charge in [-0.2, -0.15) is 0 Å². The lowest BCUT2D eigenvalue weighted by Crippen LogP contribution is -2.45. The quantitative estimate of drug-likeness (QED) is 0.754. The highest BCUT2D eigenvalue weighted by Crippen LogP contribution is 2.23. The fraction of sp³-hybridized carbons (Fsp3) is 0.611. The Labute approximate surface area is 171 Å². The normalized spacial score (nSPS) is 18.4. The average molecular weight is 437 g/mol. The Morgan fingerprint density at radius 3 is 2.67 bits per heavy atom. The van der Waals surface area contributed by atoms with E-state index in [0.29, 0.717) is 28.7 Å². The third-order valence-electron chi connectivity index (χ3n) is 4.12. The highest BCUT2D eigenvalue weighted by atomic mass is 35.5. The van der Waals surface area contributed by atoms with Gasteiger partial charge < -0.3 is 9.64 Å². The molecular weight excluding hydrogens is 411 g/mol. The number of benzene rings is 1. The van der Waals surface area contributed by atoms with Gasteiger partial charge in [-0.1, -0.05) is 29.3 Å². The van der Waals surface area contributed by atoms with Gasteiger partial charge in [0.05, 0.1) is 5.75 Å². The fourth-order valence-electron chi connectivity index (χ4n) is 2.86. The number of rotatable bonds is 5. The first-order chi connectivity index (χ1) is 12.5. The third-order valence-corrected chi connectivity index (χ3v) is 6.01. The van der Waals surface area contributed by atoms with Crippen LogP contribution in [0.1, 0.15) is 39.2 Å². The zero-order chi connectivity index (χ0) is 20.2. The van der Waals surface area contributed by atoms with Crippen molar-refractivity contribution in [3.05, 3.63) is 33.8 Å².